The monoisotopic (exact) mass is 534 g/mol. The summed E-state index contributed by atoms with van der Waals surface area (Å²) < 4.78 is 11.8. The highest BCUT2D eigenvalue weighted by molar-refractivity contribution is 6.39. The molecular formula is C28H20Cl2N2O5. The van der Waals surface area contributed by atoms with E-state index in [1.807, 2.05) is 0 Å². The Labute approximate surface area is 222 Å². The summed E-state index contributed by atoms with van der Waals surface area (Å²) >= 11 is 12.9. The van der Waals surface area contributed by atoms with Crippen LogP contribution >= 0.6 is 23.2 Å². The van der Waals surface area contributed by atoms with E-state index >= 15 is 0 Å². The third kappa shape index (κ3) is 4.38. The minimum Gasteiger partial charge on any atom is -0.478 e. The number of aromatic carboxylic acids is 1. The molecule has 0 amide bonds. The fourth-order valence-corrected chi connectivity index (χ4v) is 5.27. The molecule has 1 saturated carbocycles. The SMILES string of the molecule is O=C(O)c1ccc2c(c1)C(=O)c1ccc(OCc3c(-c4c(Cl)cccc4Cl)noc3C3CC3)nc1CC2. The van der Waals surface area contributed by atoms with Crippen molar-refractivity contribution >= 4 is 35.0 Å². The van der Waals surface area contributed by atoms with Crippen LogP contribution in [0.2, 0.25) is 10.0 Å². The van der Waals surface area contributed by atoms with Crippen LogP contribution in [0, 0.1) is 0 Å². The van der Waals surface area contributed by atoms with Crippen LogP contribution in [0.4, 0.5) is 0 Å². The molecule has 2 aliphatic carbocycles. The maximum absolute atomic E-state index is 13.2. The van der Waals surface area contributed by atoms with Gasteiger partial charge in [0.2, 0.25) is 5.88 Å². The third-order valence-electron chi connectivity index (χ3n) is 6.76. The predicted octanol–water partition coefficient (Wildman–Crippen LogP) is 6.53. The number of aromatic nitrogens is 2. The number of aryl methyl sites for hydroxylation is 2. The van der Waals surface area contributed by atoms with Gasteiger partial charge in [-0.1, -0.05) is 40.5 Å². The number of benzene rings is 2. The maximum Gasteiger partial charge on any atom is 0.335 e. The van der Waals surface area contributed by atoms with Crippen molar-refractivity contribution < 1.29 is 24.0 Å². The standard InChI is InChI=1S/C28H20Cl2N2O5/c29-20-2-1-3-21(30)24(20)25-19(27(37-32-25)15-5-6-15)13-36-23-11-9-17-22(31-23)10-8-14-4-7-16(28(34)35)12-18(14)26(17)33/h1-4,7,9,11-12,15H,5-6,8,10,13H2,(H,34,35). The van der Waals surface area contributed by atoms with E-state index in [9.17, 15) is 14.7 Å². The van der Waals surface area contributed by atoms with Gasteiger partial charge in [-0.2, -0.15) is 0 Å². The van der Waals surface area contributed by atoms with E-state index in [0.717, 1.165) is 29.7 Å². The zero-order valence-corrected chi connectivity index (χ0v) is 21.0. The molecular weight excluding hydrogens is 515 g/mol. The number of ether oxygens (including phenoxy) is 1. The summed E-state index contributed by atoms with van der Waals surface area (Å²) in [5.41, 5.74) is 4.26. The lowest BCUT2D eigenvalue weighted by Gasteiger charge is -2.11. The zero-order chi connectivity index (χ0) is 25.7. The van der Waals surface area contributed by atoms with E-state index in [1.54, 1.807) is 36.4 Å². The van der Waals surface area contributed by atoms with Crippen LogP contribution in [0.15, 0.2) is 53.1 Å². The lowest BCUT2D eigenvalue weighted by Crippen LogP contribution is -2.08. The van der Waals surface area contributed by atoms with Gasteiger partial charge in [0.05, 0.1) is 26.9 Å². The summed E-state index contributed by atoms with van der Waals surface area (Å²) in [6.07, 6.45) is 3.12. The number of nitrogens with zero attached hydrogens (tertiary/aromatic N) is 2. The van der Waals surface area contributed by atoms with E-state index in [4.69, 9.17) is 32.5 Å². The molecule has 4 aromatic rings. The Morgan fingerprint density at radius 3 is 2.57 bits per heavy atom. The molecule has 1 N–H and O–H groups in total. The molecule has 2 aromatic heterocycles. The summed E-state index contributed by atoms with van der Waals surface area (Å²) in [5, 5.41) is 14.6. The first-order chi connectivity index (χ1) is 17.9. The molecule has 0 aliphatic heterocycles. The highest BCUT2D eigenvalue weighted by Gasteiger charge is 2.34. The topological polar surface area (TPSA) is 103 Å². The molecule has 0 unspecified atom stereocenters. The zero-order valence-electron chi connectivity index (χ0n) is 19.5. The molecule has 0 atom stereocenters. The van der Waals surface area contributed by atoms with Crippen LogP contribution < -0.4 is 4.74 Å². The number of carboxylic acids is 1. The molecule has 6 rings (SSSR count). The van der Waals surface area contributed by atoms with E-state index in [0.29, 0.717) is 56.8 Å². The van der Waals surface area contributed by atoms with Gasteiger partial charge in [0, 0.05) is 28.7 Å². The van der Waals surface area contributed by atoms with Crippen molar-refractivity contribution in [2.24, 2.45) is 0 Å². The minimum absolute atomic E-state index is 0.0816. The second-order valence-electron chi connectivity index (χ2n) is 9.18. The Balaban J connectivity index is 1.30. The van der Waals surface area contributed by atoms with Gasteiger partial charge in [-0.3, -0.25) is 4.79 Å². The number of halogens is 2. The van der Waals surface area contributed by atoms with Gasteiger partial charge < -0.3 is 14.4 Å². The molecule has 2 aliphatic rings. The molecule has 1 fully saturated rings. The van der Waals surface area contributed by atoms with Crippen LogP contribution in [0.25, 0.3) is 11.3 Å². The third-order valence-corrected chi connectivity index (χ3v) is 7.39. The highest BCUT2D eigenvalue weighted by Crippen LogP contribution is 2.46. The number of ketones is 1. The summed E-state index contributed by atoms with van der Waals surface area (Å²) in [4.78, 5) is 29.3. The summed E-state index contributed by atoms with van der Waals surface area (Å²) in [5.74, 6) is 0.102. The summed E-state index contributed by atoms with van der Waals surface area (Å²) in [7, 11) is 0. The van der Waals surface area contributed by atoms with Crippen LogP contribution in [-0.4, -0.2) is 27.0 Å². The first-order valence-electron chi connectivity index (χ1n) is 11.9. The summed E-state index contributed by atoms with van der Waals surface area (Å²) in [6, 6.07) is 13.3. The molecule has 2 aromatic carbocycles. The smallest absolute Gasteiger partial charge is 0.335 e. The largest absolute Gasteiger partial charge is 0.478 e. The van der Waals surface area contributed by atoms with Crippen LogP contribution in [-0.2, 0) is 19.4 Å². The Kier molecular flexibility index (Phi) is 5.97. The predicted molar refractivity (Wildman–Crippen MR) is 137 cm³/mol. The second kappa shape index (κ2) is 9.32. The van der Waals surface area contributed by atoms with E-state index in [2.05, 4.69) is 10.1 Å². The number of carboxylic acid groups (broad SMARTS) is 1. The van der Waals surface area contributed by atoms with Gasteiger partial charge in [-0.15, -0.1) is 0 Å². The quantitative estimate of drug-likeness (QED) is 0.300. The molecule has 0 bridgehead atoms. The first kappa shape index (κ1) is 23.7. The van der Waals surface area contributed by atoms with Gasteiger partial charge in [-0.05, 0) is 61.6 Å². The number of hydrogen-bond donors (Lipinski definition) is 1. The minimum atomic E-state index is -1.07. The van der Waals surface area contributed by atoms with Crippen molar-refractivity contribution in [2.45, 2.75) is 38.2 Å². The Morgan fingerprint density at radius 2 is 1.84 bits per heavy atom. The Bertz CT molecular complexity index is 1550. The van der Waals surface area contributed by atoms with Crippen molar-refractivity contribution in [3.8, 4) is 17.1 Å². The van der Waals surface area contributed by atoms with Crippen molar-refractivity contribution in [1.82, 2.24) is 10.1 Å². The van der Waals surface area contributed by atoms with Crippen molar-refractivity contribution in [3.63, 3.8) is 0 Å². The number of carbonyl (C=O) groups is 2. The average Bonchev–Trinajstić information content (AvgIpc) is 3.67. The van der Waals surface area contributed by atoms with Crippen molar-refractivity contribution in [3.05, 3.63) is 97.8 Å². The first-order valence-corrected chi connectivity index (χ1v) is 12.6. The van der Waals surface area contributed by atoms with Crippen molar-refractivity contribution in [1.29, 1.82) is 0 Å². The molecule has 7 nitrogen and oxygen atoms in total. The molecule has 37 heavy (non-hydrogen) atoms. The van der Waals surface area contributed by atoms with Crippen LogP contribution in [0.3, 0.4) is 0 Å². The maximum atomic E-state index is 13.2. The number of rotatable bonds is 6. The van der Waals surface area contributed by atoms with Gasteiger partial charge in [0.15, 0.2) is 5.78 Å². The molecule has 0 spiro atoms. The van der Waals surface area contributed by atoms with Gasteiger partial charge in [-0.25, -0.2) is 9.78 Å². The number of hydrogen-bond acceptors (Lipinski definition) is 6. The lowest BCUT2D eigenvalue weighted by molar-refractivity contribution is 0.0697. The molecule has 0 radical (unpaired) electrons. The second-order valence-corrected chi connectivity index (χ2v) is 10.00. The van der Waals surface area contributed by atoms with Gasteiger partial charge >= 0.3 is 5.97 Å². The fraction of sp³-hybridized carbons (Fsp3) is 0.214. The van der Waals surface area contributed by atoms with Crippen molar-refractivity contribution in [2.75, 3.05) is 0 Å². The van der Waals surface area contributed by atoms with Gasteiger partial charge in [0.1, 0.15) is 18.1 Å². The van der Waals surface area contributed by atoms with Crippen LogP contribution in [0.1, 0.15) is 67.6 Å². The summed E-state index contributed by atoms with van der Waals surface area (Å²) in [6.45, 7) is 0.147. The van der Waals surface area contributed by atoms with E-state index in [-0.39, 0.29) is 23.9 Å². The average molecular weight is 535 g/mol. The molecule has 9 heteroatoms. The number of carbonyl (C=O) groups excluding carboxylic acids is 1. The molecule has 186 valence electrons. The van der Waals surface area contributed by atoms with E-state index < -0.39 is 5.97 Å². The Hall–Kier alpha value is -3.68. The highest BCUT2D eigenvalue weighted by atomic mass is 35.5. The molecule has 0 saturated heterocycles. The molecule has 2 heterocycles. The van der Waals surface area contributed by atoms with E-state index in [1.165, 1.54) is 12.1 Å². The fourth-order valence-electron chi connectivity index (χ4n) is 4.69. The number of fused-ring (bicyclic) bond motifs is 2. The van der Waals surface area contributed by atoms with Crippen LogP contribution in [0.5, 0.6) is 5.88 Å². The normalized spacial score (nSPS) is 14.6. The lowest BCUT2D eigenvalue weighted by atomic mass is 9.97. The Morgan fingerprint density at radius 1 is 1.05 bits per heavy atom. The number of pyridine rings is 1. The van der Waals surface area contributed by atoms with Gasteiger partial charge in [0.25, 0.3) is 0 Å².